The molecule has 0 aliphatic heterocycles. The normalized spacial score (nSPS) is 10.0. The van der Waals surface area contributed by atoms with Crippen LogP contribution in [0.25, 0.3) is 0 Å². The Balaban J connectivity index is 2.01. The van der Waals surface area contributed by atoms with Crippen LogP contribution in [0.5, 0.6) is 0 Å². The lowest BCUT2D eigenvalue weighted by molar-refractivity contribution is 0.0977. The lowest BCUT2D eigenvalue weighted by Crippen LogP contribution is -2.34. The van der Waals surface area contributed by atoms with Crippen molar-refractivity contribution in [1.29, 1.82) is 0 Å². The van der Waals surface area contributed by atoms with Gasteiger partial charge in [-0.1, -0.05) is 29.3 Å². The SMILES string of the molecule is O=C(NC(=S)Nc1ccc(Cl)c(Cl)c1)c1cccc(F)c1. The standard InChI is InChI=1S/C14H9Cl2FN2OS/c15-11-5-4-10(7-12(11)16)18-14(21)19-13(20)8-2-1-3-9(17)6-8/h1-7H,(H2,18,19,20,21). The molecule has 0 aliphatic rings. The molecule has 0 radical (unpaired) electrons. The van der Waals surface area contributed by atoms with Crippen LogP contribution < -0.4 is 10.6 Å². The van der Waals surface area contributed by atoms with Crippen molar-refractivity contribution in [2.24, 2.45) is 0 Å². The minimum absolute atomic E-state index is 0.0719. The molecule has 21 heavy (non-hydrogen) atoms. The number of hydrogen-bond acceptors (Lipinski definition) is 2. The van der Waals surface area contributed by atoms with Gasteiger partial charge in [0.25, 0.3) is 5.91 Å². The highest BCUT2D eigenvalue weighted by molar-refractivity contribution is 7.80. The molecule has 2 rings (SSSR count). The first-order chi connectivity index (χ1) is 9.95. The van der Waals surface area contributed by atoms with Crippen molar-refractivity contribution in [2.45, 2.75) is 0 Å². The smallest absolute Gasteiger partial charge is 0.257 e. The number of benzene rings is 2. The zero-order valence-corrected chi connectivity index (χ0v) is 12.8. The van der Waals surface area contributed by atoms with Crippen molar-refractivity contribution in [2.75, 3.05) is 5.32 Å². The van der Waals surface area contributed by atoms with E-state index in [1.807, 2.05) is 0 Å². The van der Waals surface area contributed by atoms with Crippen molar-refractivity contribution in [3.63, 3.8) is 0 Å². The molecule has 108 valence electrons. The molecule has 2 aromatic rings. The second kappa shape index (κ2) is 6.85. The van der Waals surface area contributed by atoms with Crippen molar-refractivity contribution < 1.29 is 9.18 Å². The summed E-state index contributed by atoms with van der Waals surface area (Å²) >= 11 is 16.7. The molecule has 0 spiro atoms. The average Bonchev–Trinajstić information content (AvgIpc) is 2.43. The number of carbonyl (C=O) groups excluding carboxylic acids is 1. The van der Waals surface area contributed by atoms with Gasteiger partial charge >= 0.3 is 0 Å². The second-order valence-corrected chi connectivity index (χ2v) is 5.27. The molecule has 0 heterocycles. The quantitative estimate of drug-likeness (QED) is 0.801. The van der Waals surface area contributed by atoms with Crippen LogP contribution in [-0.2, 0) is 0 Å². The van der Waals surface area contributed by atoms with E-state index in [-0.39, 0.29) is 10.7 Å². The van der Waals surface area contributed by atoms with E-state index in [0.29, 0.717) is 15.7 Å². The van der Waals surface area contributed by atoms with Gasteiger partial charge < -0.3 is 5.32 Å². The van der Waals surface area contributed by atoms with Gasteiger partial charge in [0.2, 0.25) is 0 Å². The van der Waals surface area contributed by atoms with Crippen LogP contribution in [0.4, 0.5) is 10.1 Å². The van der Waals surface area contributed by atoms with Gasteiger partial charge in [0.05, 0.1) is 10.0 Å². The highest BCUT2D eigenvalue weighted by Crippen LogP contribution is 2.24. The van der Waals surface area contributed by atoms with Gasteiger partial charge in [0, 0.05) is 11.3 Å². The Bertz CT molecular complexity index is 709. The number of carbonyl (C=O) groups is 1. The van der Waals surface area contributed by atoms with Crippen LogP contribution in [0.3, 0.4) is 0 Å². The van der Waals surface area contributed by atoms with Crippen LogP contribution in [0.2, 0.25) is 10.0 Å². The van der Waals surface area contributed by atoms with E-state index in [9.17, 15) is 9.18 Å². The van der Waals surface area contributed by atoms with E-state index >= 15 is 0 Å². The summed E-state index contributed by atoms with van der Waals surface area (Å²) in [6.45, 7) is 0. The van der Waals surface area contributed by atoms with E-state index in [2.05, 4.69) is 10.6 Å². The maximum Gasteiger partial charge on any atom is 0.257 e. The lowest BCUT2D eigenvalue weighted by atomic mass is 10.2. The van der Waals surface area contributed by atoms with E-state index in [1.165, 1.54) is 18.2 Å². The third-order valence-electron chi connectivity index (χ3n) is 2.49. The fourth-order valence-electron chi connectivity index (χ4n) is 1.54. The van der Waals surface area contributed by atoms with Gasteiger partial charge in [-0.2, -0.15) is 0 Å². The highest BCUT2D eigenvalue weighted by Gasteiger charge is 2.09. The molecule has 0 saturated heterocycles. The number of nitrogens with one attached hydrogen (secondary N) is 2. The molecule has 0 atom stereocenters. The first kappa shape index (κ1) is 15.7. The first-order valence-corrected chi connectivity index (χ1v) is 6.95. The lowest BCUT2D eigenvalue weighted by Gasteiger charge is -2.10. The fraction of sp³-hybridized carbons (Fsp3) is 0. The number of hydrogen-bond donors (Lipinski definition) is 2. The van der Waals surface area contributed by atoms with E-state index < -0.39 is 11.7 Å². The number of anilines is 1. The average molecular weight is 343 g/mol. The summed E-state index contributed by atoms with van der Waals surface area (Å²) in [4.78, 5) is 11.9. The van der Waals surface area contributed by atoms with Gasteiger partial charge in [-0.25, -0.2) is 4.39 Å². The third-order valence-corrected chi connectivity index (χ3v) is 3.43. The number of rotatable bonds is 2. The molecule has 0 bridgehead atoms. The number of thiocarbonyl (C=S) groups is 1. The van der Waals surface area contributed by atoms with Crippen LogP contribution >= 0.6 is 35.4 Å². The van der Waals surface area contributed by atoms with E-state index in [0.717, 1.165) is 6.07 Å². The predicted octanol–water partition coefficient (Wildman–Crippen LogP) is 4.26. The van der Waals surface area contributed by atoms with Gasteiger partial charge in [0.15, 0.2) is 5.11 Å². The molecule has 0 aromatic heterocycles. The van der Waals surface area contributed by atoms with Crippen molar-refractivity contribution in [1.82, 2.24) is 5.32 Å². The summed E-state index contributed by atoms with van der Waals surface area (Å²) in [6, 6.07) is 10.1. The molecular formula is C14H9Cl2FN2OS. The number of amides is 1. The van der Waals surface area contributed by atoms with E-state index in [4.69, 9.17) is 35.4 Å². The monoisotopic (exact) mass is 342 g/mol. The highest BCUT2D eigenvalue weighted by atomic mass is 35.5. The first-order valence-electron chi connectivity index (χ1n) is 5.78. The summed E-state index contributed by atoms with van der Waals surface area (Å²) in [5.74, 6) is -1.00. The second-order valence-electron chi connectivity index (χ2n) is 4.05. The zero-order chi connectivity index (χ0) is 15.4. The molecule has 0 fully saturated rings. The summed E-state index contributed by atoms with van der Waals surface area (Å²) in [6.07, 6.45) is 0. The van der Waals surface area contributed by atoms with Gasteiger partial charge in [0.1, 0.15) is 5.82 Å². The summed E-state index contributed by atoms with van der Waals surface area (Å²) in [7, 11) is 0. The third kappa shape index (κ3) is 4.39. The molecule has 0 unspecified atom stereocenters. The van der Waals surface area contributed by atoms with Gasteiger partial charge in [-0.05, 0) is 48.6 Å². The van der Waals surface area contributed by atoms with Crippen molar-refractivity contribution >= 4 is 52.1 Å². The fourth-order valence-corrected chi connectivity index (χ4v) is 2.05. The van der Waals surface area contributed by atoms with Crippen molar-refractivity contribution in [3.8, 4) is 0 Å². The van der Waals surface area contributed by atoms with E-state index in [1.54, 1.807) is 18.2 Å². The van der Waals surface area contributed by atoms with Crippen molar-refractivity contribution in [3.05, 3.63) is 63.9 Å². The van der Waals surface area contributed by atoms with Crippen LogP contribution in [0.15, 0.2) is 42.5 Å². The Morgan fingerprint density at radius 1 is 1.10 bits per heavy atom. The Labute approximate surface area is 136 Å². The Morgan fingerprint density at radius 2 is 1.86 bits per heavy atom. The molecule has 3 nitrogen and oxygen atoms in total. The number of halogens is 3. The van der Waals surface area contributed by atoms with Crippen LogP contribution in [0, 0.1) is 5.82 Å². The molecule has 7 heteroatoms. The topological polar surface area (TPSA) is 41.1 Å². The molecule has 2 aromatic carbocycles. The Kier molecular flexibility index (Phi) is 5.12. The molecular weight excluding hydrogens is 334 g/mol. The maximum atomic E-state index is 13.0. The van der Waals surface area contributed by atoms with Crippen LogP contribution in [-0.4, -0.2) is 11.0 Å². The summed E-state index contributed by atoms with van der Waals surface area (Å²) < 4.78 is 13.0. The zero-order valence-electron chi connectivity index (χ0n) is 10.5. The summed E-state index contributed by atoms with van der Waals surface area (Å²) in [5.41, 5.74) is 0.752. The molecule has 0 saturated carbocycles. The minimum atomic E-state index is -0.507. The molecule has 1 amide bonds. The van der Waals surface area contributed by atoms with Gasteiger partial charge in [-0.3, -0.25) is 10.1 Å². The molecule has 2 N–H and O–H groups in total. The minimum Gasteiger partial charge on any atom is -0.332 e. The Morgan fingerprint density at radius 3 is 2.52 bits per heavy atom. The van der Waals surface area contributed by atoms with Gasteiger partial charge in [-0.15, -0.1) is 0 Å². The molecule has 0 aliphatic carbocycles. The largest absolute Gasteiger partial charge is 0.332 e. The Hall–Kier alpha value is -1.69. The summed E-state index contributed by atoms with van der Waals surface area (Å²) in [5, 5.41) is 6.08. The van der Waals surface area contributed by atoms with Crippen LogP contribution in [0.1, 0.15) is 10.4 Å². The maximum absolute atomic E-state index is 13.0. The predicted molar refractivity (Wildman–Crippen MR) is 86.5 cm³/mol.